The number of nitriles is 1. The third kappa shape index (κ3) is 6.86. The fourth-order valence-corrected chi connectivity index (χ4v) is 4.01. The maximum Gasteiger partial charge on any atom is 0.248 e. The number of nitrogens with one attached hydrogen (secondary N) is 2. The quantitative estimate of drug-likeness (QED) is 0.204. The van der Waals surface area contributed by atoms with Gasteiger partial charge in [0.2, 0.25) is 5.91 Å². The molecule has 0 aliphatic carbocycles. The summed E-state index contributed by atoms with van der Waals surface area (Å²) in [4.78, 5) is 18.9. The van der Waals surface area contributed by atoms with E-state index in [2.05, 4.69) is 21.7 Å². The van der Waals surface area contributed by atoms with Crippen LogP contribution < -0.4 is 20.1 Å². The molecular weight excluding hydrogens is 533 g/mol. The number of carbonyl (C=O) groups excluding carboxylic acids is 1. The van der Waals surface area contributed by atoms with Crippen LogP contribution in [-0.4, -0.2) is 43.0 Å². The first-order valence-corrected chi connectivity index (χ1v) is 12.8. The second kappa shape index (κ2) is 12.9. The molecule has 0 saturated heterocycles. The van der Waals surface area contributed by atoms with Crippen molar-refractivity contribution in [2.45, 2.75) is 6.92 Å². The molecule has 4 rings (SSSR count). The number of hydrogen-bond acceptors (Lipinski definition) is 7. The van der Waals surface area contributed by atoms with E-state index in [4.69, 9.17) is 21.1 Å². The van der Waals surface area contributed by atoms with Crippen molar-refractivity contribution in [3.63, 3.8) is 0 Å². The number of likely N-dealkylation sites (N-methyl/N-ethyl adjacent to an activating group) is 1. The minimum Gasteiger partial charge on any atom is -0.492 e. The van der Waals surface area contributed by atoms with Gasteiger partial charge < -0.3 is 25.0 Å². The first-order valence-electron chi connectivity index (χ1n) is 12.4. The van der Waals surface area contributed by atoms with Crippen molar-refractivity contribution in [2.75, 3.05) is 37.9 Å². The number of anilines is 3. The summed E-state index contributed by atoms with van der Waals surface area (Å²) in [5, 5.41) is 16.4. The monoisotopic (exact) mass is 559 g/mol. The summed E-state index contributed by atoms with van der Waals surface area (Å²) >= 11 is 6.51. The van der Waals surface area contributed by atoms with Gasteiger partial charge in [-0.25, -0.2) is 4.39 Å². The van der Waals surface area contributed by atoms with Crippen LogP contribution in [0.2, 0.25) is 5.02 Å². The second-order valence-electron chi connectivity index (χ2n) is 8.91. The van der Waals surface area contributed by atoms with E-state index in [1.54, 1.807) is 42.5 Å². The Kier molecular flexibility index (Phi) is 9.17. The Morgan fingerprint density at radius 2 is 1.93 bits per heavy atom. The number of benzene rings is 3. The summed E-state index contributed by atoms with van der Waals surface area (Å²) in [6.07, 6.45) is 4.57. The van der Waals surface area contributed by atoms with Crippen LogP contribution in [0.25, 0.3) is 10.9 Å². The van der Waals surface area contributed by atoms with E-state index in [-0.39, 0.29) is 27.9 Å². The number of rotatable bonds is 10. The fraction of sp³-hybridized carbons (Fsp3) is 0.167. The Bertz CT molecular complexity index is 1600. The molecule has 0 fully saturated rings. The average Bonchev–Trinajstić information content (AvgIpc) is 2.92. The number of fused-ring (bicyclic) bond motifs is 1. The average molecular weight is 560 g/mol. The predicted octanol–water partition coefficient (Wildman–Crippen LogP) is 6.89. The first-order chi connectivity index (χ1) is 19.3. The van der Waals surface area contributed by atoms with Crippen molar-refractivity contribution in [2.24, 2.45) is 0 Å². The van der Waals surface area contributed by atoms with Crippen LogP contribution in [0.5, 0.6) is 17.2 Å². The lowest BCUT2D eigenvalue weighted by atomic mass is 10.1. The van der Waals surface area contributed by atoms with Crippen LogP contribution in [0.3, 0.4) is 0 Å². The zero-order chi connectivity index (χ0) is 28.6. The number of pyridine rings is 1. The summed E-state index contributed by atoms with van der Waals surface area (Å²) < 4.78 is 26.4. The molecule has 8 nitrogen and oxygen atoms in total. The Balaban J connectivity index is 1.73. The van der Waals surface area contributed by atoms with Crippen molar-refractivity contribution in [3.8, 4) is 23.3 Å². The zero-order valence-electron chi connectivity index (χ0n) is 22.2. The predicted molar refractivity (Wildman–Crippen MR) is 155 cm³/mol. The number of ether oxygens (including phenoxy) is 2. The highest BCUT2D eigenvalue weighted by atomic mass is 35.5. The van der Waals surface area contributed by atoms with E-state index in [9.17, 15) is 10.1 Å². The third-order valence-electron chi connectivity index (χ3n) is 5.64. The van der Waals surface area contributed by atoms with Gasteiger partial charge in [-0.15, -0.1) is 0 Å². The van der Waals surface area contributed by atoms with Crippen molar-refractivity contribution >= 4 is 45.5 Å². The smallest absolute Gasteiger partial charge is 0.248 e. The number of para-hydroxylation sites is 1. The summed E-state index contributed by atoms with van der Waals surface area (Å²) in [6.45, 7) is 2.78. The zero-order valence-corrected chi connectivity index (χ0v) is 22.9. The van der Waals surface area contributed by atoms with E-state index in [0.717, 1.165) is 0 Å². The molecule has 2 N–H and O–H groups in total. The highest BCUT2D eigenvalue weighted by Crippen LogP contribution is 2.39. The number of halogens is 2. The summed E-state index contributed by atoms with van der Waals surface area (Å²) in [5.74, 6) is -0.167. The number of hydrogen-bond donors (Lipinski definition) is 2. The minimum absolute atomic E-state index is 0.0458. The van der Waals surface area contributed by atoms with Crippen LogP contribution in [0, 0.1) is 17.1 Å². The van der Waals surface area contributed by atoms with E-state index >= 15 is 4.39 Å². The lowest BCUT2D eigenvalue weighted by molar-refractivity contribution is -0.111. The van der Waals surface area contributed by atoms with E-state index in [0.29, 0.717) is 46.9 Å². The van der Waals surface area contributed by atoms with Gasteiger partial charge in [0, 0.05) is 42.4 Å². The van der Waals surface area contributed by atoms with E-state index in [1.165, 1.54) is 24.4 Å². The lowest BCUT2D eigenvalue weighted by Gasteiger charge is -2.17. The molecule has 3 aromatic carbocycles. The Hall–Kier alpha value is -4.65. The number of aromatic nitrogens is 1. The van der Waals surface area contributed by atoms with E-state index in [1.807, 2.05) is 32.0 Å². The Morgan fingerprint density at radius 1 is 1.15 bits per heavy atom. The Morgan fingerprint density at radius 3 is 2.62 bits per heavy atom. The van der Waals surface area contributed by atoms with Gasteiger partial charge >= 0.3 is 0 Å². The standard InChI is InChI=1S/C30H27ClFN5O3/c1-4-39-28-16-24-21(13-26(28)35-29(38)11-8-12-37(2)3)30(19(17-33)18-34-24)36-25-15-23(32)27(14-22(25)31)40-20-9-6-5-7-10-20/h5-11,13-16,18H,4,12H2,1-3H3,(H,34,36)(H,35,38)/b11-8+. The topological polar surface area (TPSA) is 99.5 Å². The van der Waals surface area contributed by atoms with Gasteiger partial charge in [-0.1, -0.05) is 35.9 Å². The summed E-state index contributed by atoms with van der Waals surface area (Å²) in [6, 6.07) is 16.8. The maximum absolute atomic E-state index is 15.0. The first kappa shape index (κ1) is 28.4. The maximum atomic E-state index is 15.0. The molecule has 0 atom stereocenters. The minimum atomic E-state index is -0.649. The van der Waals surface area contributed by atoms with Crippen molar-refractivity contribution < 1.29 is 18.7 Å². The number of amides is 1. The van der Waals surface area contributed by atoms with Crippen molar-refractivity contribution in [1.82, 2.24) is 9.88 Å². The van der Waals surface area contributed by atoms with Gasteiger partial charge in [0.05, 0.1) is 39.8 Å². The molecule has 0 radical (unpaired) electrons. The van der Waals surface area contributed by atoms with Crippen LogP contribution in [0.4, 0.5) is 21.5 Å². The molecule has 40 heavy (non-hydrogen) atoms. The molecular formula is C30H27ClFN5O3. The highest BCUT2D eigenvalue weighted by Gasteiger charge is 2.18. The van der Waals surface area contributed by atoms with Crippen LogP contribution >= 0.6 is 11.6 Å². The molecule has 204 valence electrons. The normalized spacial score (nSPS) is 11.0. The molecule has 4 aromatic rings. The van der Waals surface area contributed by atoms with Gasteiger partial charge in [0.1, 0.15) is 17.6 Å². The fourth-order valence-electron chi connectivity index (χ4n) is 3.81. The molecule has 1 aromatic heterocycles. The number of nitrogens with zero attached hydrogens (tertiary/aromatic N) is 3. The molecule has 0 saturated carbocycles. The third-order valence-corrected chi connectivity index (χ3v) is 5.95. The molecule has 1 amide bonds. The van der Waals surface area contributed by atoms with Crippen molar-refractivity contribution in [3.05, 3.63) is 89.3 Å². The van der Waals surface area contributed by atoms with E-state index < -0.39 is 5.82 Å². The van der Waals surface area contributed by atoms with Crippen LogP contribution in [-0.2, 0) is 4.79 Å². The molecule has 10 heteroatoms. The van der Waals surface area contributed by atoms with Gasteiger partial charge in [-0.2, -0.15) is 5.26 Å². The van der Waals surface area contributed by atoms with Crippen LogP contribution in [0.15, 0.2) is 72.9 Å². The summed E-state index contributed by atoms with van der Waals surface area (Å²) in [5.41, 5.74) is 1.63. The molecule has 0 spiro atoms. The van der Waals surface area contributed by atoms with Gasteiger partial charge in [-0.05, 0) is 39.2 Å². The largest absolute Gasteiger partial charge is 0.492 e. The van der Waals surface area contributed by atoms with Gasteiger partial charge in [-0.3, -0.25) is 9.78 Å². The summed E-state index contributed by atoms with van der Waals surface area (Å²) in [7, 11) is 3.80. The molecule has 0 bridgehead atoms. The molecule has 0 aliphatic rings. The highest BCUT2D eigenvalue weighted by molar-refractivity contribution is 6.33. The van der Waals surface area contributed by atoms with Crippen LogP contribution in [0.1, 0.15) is 12.5 Å². The van der Waals surface area contributed by atoms with Crippen molar-refractivity contribution in [1.29, 1.82) is 5.26 Å². The lowest BCUT2D eigenvalue weighted by Crippen LogP contribution is -2.13. The van der Waals surface area contributed by atoms with Gasteiger partial charge in [0.15, 0.2) is 11.6 Å². The Labute approximate surface area is 236 Å². The van der Waals surface area contributed by atoms with Gasteiger partial charge in [0.25, 0.3) is 0 Å². The second-order valence-corrected chi connectivity index (χ2v) is 9.32. The molecule has 0 unspecified atom stereocenters. The SMILES string of the molecule is CCOc1cc2ncc(C#N)c(Nc3cc(F)c(Oc4ccccc4)cc3Cl)c2cc1NC(=O)/C=C/CN(C)C. The molecule has 0 aliphatic heterocycles. The number of carbonyl (C=O) groups is 1. The molecule has 1 heterocycles.